The van der Waals surface area contributed by atoms with Crippen molar-refractivity contribution in [3.05, 3.63) is 104 Å². The lowest BCUT2D eigenvalue weighted by Crippen LogP contribution is -2.30. The van der Waals surface area contributed by atoms with E-state index in [0.29, 0.717) is 5.76 Å². The molecule has 2 aromatic carbocycles. The molecule has 3 aromatic rings. The highest BCUT2D eigenvalue weighted by atomic mass is 127. The number of hydrogen-bond donors (Lipinski definition) is 1. The molecule has 0 saturated carbocycles. The van der Waals surface area contributed by atoms with Crippen LogP contribution in [-0.2, 0) is 11.3 Å². The zero-order valence-corrected chi connectivity index (χ0v) is 17.8. The van der Waals surface area contributed by atoms with Gasteiger partial charge in [-0.15, -0.1) is 0 Å². The van der Waals surface area contributed by atoms with Crippen LogP contribution in [0.3, 0.4) is 0 Å². The van der Waals surface area contributed by atoms with Crippen LogP contribution in [-0.4, -0.2) is 21.7 Å². The quantitative estimate of drug-likeness (QED) is 0.398. The maximum atomic E-state index is 13.2. The fraction of sp³-hybridized carbons (Fsp3) is 0.130. The predicted octanol–water partition coefficient (Wildman–Crippen LogP) is 4.97. The Labute approximate surface area is 181 Å². The third kappa shape index (κ3) is 3.72. The molecule has 1 aromatic heterocycles. The summed E-state index contributed by atoms with van der Waals surface area (Å²) in [6, 6.07) is 19.6. The van der Waals surface area contributed by atoms with Crippen molar-refractivity contribution >= 4 is 34.3 Å². The molecular formula is C23H18INO4. The van der Waals surface area contributed by atoms with Crippen molar-refractivity contribution in [3.8, 4) is 0 Å². The van der Waals surface area contributed by atoms with Crippen molar-refractivity contribution in [1.82, 2.24) is 4.90 Å². The van der Waals surface area contributed by atoms with Gasteiger partial charge in [-0.3, -0.25) is 9.59 Å². The van der Waals surface area contributed by atoms with Crippen molar-refractivity contribution in [1.29, 1.82) is 0 Å². The number of benzene rings is 2. The molecule has 1 aliphatic rings. The van der Waals surface area contributed by atoms with Crippen LogP contribution < -0.4 is 0 Å². The van der Waals surface area contributed by atoms with Gasteiger partial charge in [0, 0.05) is 10.1 Å². The number of ketones is 1. The lowest BCUT2D eigenvalue weighted by Gasteiger charge is -2.27. The molecule has 1 N–H and O–H groups in total. The zero-order chi connectivity index (χ0) is 20.5. The van der Waals surface area contributed by atoms with Crippen LogP contribution >= 0.6 is 22.6 Å². The monoisotopic (exact) mass is 499 g/mol. The van der Waals surface area contributed by atoms with Crippen LogP contribution in [0.2, 0.25) is 0 Å². The first-order valence-electron chi connectivity index (χ1n) is 9.10. The Bertz CT molecular complexity index is 1100. The Balaban J connectivity index is 1.79. The van der Waals surface area contributed by atoms with E-state index in [4.69, 9.17) is 4.42 Å². The lowest BCUT2D eigenvalue weighted by atomic mass is 9.95. The predicted molar refractivity (Wildman–Crippen MR) is 116 cm³/mol. The molecule has 0 aliphatic carbocycles. The van der Waals surface area contributed by atoms with E-state index in [-0.39, 0.29) is 17.9 Å². The average molecular weight is 499 g/mol. The number of aliphatic hydroxyl groups excluding tert-OH is 1. The van der Waals surface area contributed by atoms with Crippen LogP contribution in [0.5, 0.6) is 0 Å². The largest absolute Gasteiger partial charge is 0.503 e. The number of aliphatic hydroxyl groups is 1. The second kappa shape index (κ2) is 7.87. The van der Waals surface area contributed by atoms with Gasteiger partial charge in [0.15, 0.2) is 11.5 Å². The van der Waals surface area contributed by atoms with Crippen LogP contribution in [0.1, 0.15) is 33.5 Å². The summed E-state index contributed by atoms with van der Waals surface area (Å²) in [4.78, 5) is 27.6. The van der Waals surface area contributed by atoms with Crippen molar-refractivity contribution in [3.63, 3.8) is 0 Å². The number of aryl methyl sites for hydroxylation is 1. The van der Waals surface area contributed by atoms with E-state index in [2.05, 4.69) is 22.6 Å². The first-order chi connectivity index (χ1) is 14.0. The Morgan fingerprint density at radius 1 is 1.07 bits per heavy atom. The molecule has 29 heavy (non-hydrogen) atoms. The standard InChI is InChI=1S/C23H18INO4/c1-14-7-12-18(29-14)21(26)19-20(16-8-10-17(24)11-9-16)25(23(28)22(19)27)13-15-5-3-2-4-6-15/h2-12,20,27H,13H2,1H3. The van der Waals surface area contributed by atoms with E-state index in [1.165, 1.54) is 4.90 Å². The summed E-state index contributed by atoms with van der Waals surface area (Å²) in [6.45, 7) is 2.01. The van der Waals surface area contributed by atoms with Gasteiger partial charge < -0.3 is 14.4 Å². The molecule has 0 fully saturated rings. The number of halogens is 1. The van der Waals surface area contributed by atoms with Gasteiger partial charge in [0.05, 0.1) is 11.6 Å². The van der Waals surface area contributed by atoms with Crippen molar-refractivity contribution in [2.45, 2.75) is 19.5 Å². The fourth-order valence-electron chi connectivity index (χ4n) is 3.51. The molecule has 0 spiro atoms. The smallest absolute Gasteiger partial charge is 0.290 e. The number of amides is 1. The molecule has 0 bridgehead atoms. The van der Waals surface area contributed by atoms with E-state index in [1.54, 1.807) is 19.1 Å². The van der Waals surface area contributed by atoms with Gasteiger partial charge in [0.1, 0.15) is 5.76 Å². The maximum Gasteiger partial charge on any atom is 0.290 e. The van der Waals surface area contributed by atoms with Gasteiger partial charge in [-0.05, 0) is 64.9 Å². The molecule has 1 atom stereocenters. The number of carbonyl (C=O) groups is 2. The highest BCUT2D eigenvalue weighted by Crippen LogP contribution is 2.40. The molecule has 1 amide bonds. The second-order valence-corrected chi connectivity index (χ2v) is 8.12. The van der Waals surface area contributed by atoms with E-state index in [0.717, 1.165) is 14.7 Å². The molecule has 5 nitrogen and oxygen atoms in total. The number of Topliss-reactive ketones (excluding diaryl/α,β-unsaturated/α-hetero) is 1. The molecule has 1 unspecified atom stereocenters. The van der Waals surface area contributed by atoms with E-state index < -0.39 is 23.5 Å². The molecule has 146 valence electrons. The second-order valence-electron chi connectivity index (χ2n) is 6.87. The number of furan rings is 1. The molecular weight excluding hydrogens is 481 g/mol. The van der Waals surface area contributed by atoms with Crippen LogP contribution in [0.4, 0.5) is 0 Å². The highest BCUT2D eigenvalue weighted by Gasteiger charge is 2.44. The summed E-state index contributed by atoms with van der Waals surface area (Å²) in [5.41, 5.74) is 1.71. The number of nitrogens with zero attached hydrogens (tertiary/aromatic N) is 1. The molecule has 4 rings (SSSR count). The van der Waals surface area contributed by atoms with Crippen molar-refractivity contribution < 1.29 is 19.1 Å². The number of rotatable bonds is 5. The van der Waals surface area contributed by atoms with E-state index >= 15 is 0 Å². The summed E-state index contributed by atoms with van der Waals surface area (Å²) in [6.07, 6.45) is 0. The third-order valence-corrected chi connectivity index (χ3v) is 5.61. The third-order valence-electron chi connectivity index (χ3n) is 4.89. The van der Waals surface area contributed by atoms with Gasteiger partial charge in [0.25, 0.3) is 5.91 Å². The van der Waals surface area contributed by atoms with Gasteiger partial charge >= 0.3 is 0 Å². The normalized spacial score (nSPS) is 16.6. The number of hydrogen-bond acceptors (Lipinski definition) is 4. The van der Waals surface area contributed by atoms with Gasteiger partial charge in [-0.2, -0.15) is 0 Å². The van der Waals surface area contributed by atoms with Crippen LogP contribution in [0, 0.1) is 10.5 Å². The minimum Gasteiger partial charge on any atom is -0.503 e. The number of carbonyl (C=O) groups excluding carboxylic acids is 2. The topological polar surface area (TPSA) is 70.8 Å². The van der Waals surface area contributed by atoms with E-state index in [9.17, 15) is 14.7 Å². The zero-order valence-electron chi connectivity index (χ0n) is 15.6. The Kier molecular flexibility index (Phi) is 5.27. The molecule has 0 saturated heterocycles. The van der Waals surface area contributed by atoms with Crippen molar-refractivity contribution in [2.75, 3.05) is 0 Å². The highest BCUT2D eigenvalue weighted by molar-refractivity contribution is 14.1. The minimum absolute atomic E-state index is 0.0430. The molecule has 0 radical (unpaired) electrons. The Hall–Kier alpha value is -2.87. The molecule has 6 heteroatoms. The van der Waals surface area contributed by atoms with E-state index in [1.807, 2.05) is 54.6 Å². The average Bonchev–Trinajstić information content (AvgIpc) is 3.26. The van der Waals surface area contributed by atoms with Crippen molar-refractivity contribution in [2.24, 2.45) is 0 Å². The summed E-state index contributed by atoms with van der Waals surface area (Å²) in [5.74, 6) is -0.880. The fourth-order valence-corrected chi connectivity index (χ4v) is 3.87. The summed E-state index contributed by atoms with van der Waals surface area (Å²) < 4.78 is 6.51. The first-order valence-corrected chi connectivity index (χ1v) is 10.2. The van der Waals surface area contributed by atoms with Crippen LogP contribution in [0.15, 0.2) is 82.5 Å². The first kappa shape index (κ1) is 19.4. The van der Waals surface area contributed by atoms with Gasteiger partial charge in [0.2, 0.25) is 5.78 Å². The van der Waals surface area contributed by atoms with Gasteiger partial charge in [-0.1, -0.05) is 42.5 Å². The minimum atomic E-state index is -0.697. The lowest BCUT2D eigenvalue weighted by molar-refractivity contribution is -0.130. The summed E-state index contributed by atoms with van der Waals surface area (Å²) in [5, 5.41) is 10.7. The van der Waals surface area contributed by atoms with Crippen LogP contribution in [0.25, 0.3) is 0 Å². The summed E-state index contributed by atoms with van der Waals surface area (Å²) in [7, 11) is 0. The molecule has 2 heterocycles. The summed E-state index contributed by atoms with van der Waals surface area (Å²) >= 11 is 2.20. The Morgan fingerprint density at radius 2 is 1.76 bits per heavy atom. The Morgan fingerprint density at radius 3 is 2.38 bits per heavy atom. The SMILES string of the molecule is Cc1ccc(C(=O)C2=C(O)C(=O)N(Cc3ccccc3)C2c2ccc(I)cc2)o1. The maximum absolute atomic E-state index is 13.2. The van der Waals surface area contributed by atoms with Gasteiger partial charge in [-0.25, -0.2) is 0 Å². The molecule has 1 aliphatic heterocycles.